The molecule has 0 aliphatic carbocycles. The molecule has 4 nitrogen and oxygen atoms in total. The minimum atomic E-state index is -3.43. The summed E-state index contributed by atoms with van der Waals surface area (Å²) >= 11 is 1.34. The van der Waals surface area contributed by atoms with E-state index in [2.05, 4.69) is 0 Å². The number of aryl methyl sites for hydroxylation is 1. The van der Waals surface area contributed by atoms with Crippen molar-refractivity contribution in [2.75, 3.05) is 6.54 Å². The lowest BCUT2D eigenvalue weighted by atomic mass is 10.0. The van der Waals surface area contributed by atoms with Crippen molar-refractivity contribution in [1.82, 2.24) is 4.31 Å². The van der Waals surface area contributed by atoms with Gasteiger partial charge in [0.05, 0.1) is 11.5 Å². The summed E-state index contributed by atoms with van der Waals surface area (Å²) in [7, 11) is -3.43. The molecule has 2 rings (SSSR count). The standard InChI is InChI=1S/C12H19NO3S2/c1-9-11(7-10(8-14)17-9)18(15,16)13-6-4-5-12(13,2)3/h7,14H,4-6,8H2,1-3H3. The topological polar surface area (TPSA) is 57.6 Å². The molecule has 6 heteroatoms. The first kappa shape index (κ1) is 14.0. The zero-order valence-electron chi connectivity index (χ0n) is 10.9. The summed E-state index contributed by atoms with van der Waals surface area (Å²) in [5, 5.41) is 9.11. The molecule has 18 heavy (non-hydrogen) atoms. The monoisotopic (exact) mass is 289 g/mol. The maximum absolute atomic E-state index is 12.7. The number of aliphatic hydroxyl groups excluding tert-OH is 1. The molecule has 0 radical (unpaired) electrons. The number of hydrogen-bond acceptors (Lipinski definition) is 4. The SMILES string of the molecule is Cc1sc(CO)cc1S(=O)(=O)N1CCCC1(C)C. The third kappa shape index (κ3) is 2.22. The van der Waals surface area contributed by atoms with Crippen LogP contribution >= 0.6 is 11.3 Å². The van der Waals surface area contributed by atoms with Crippen molar-refractivity contribution in [2.45, 2.75) is 50.7 Å². The molecule has 0 bridgehead atoms. The molecule has 1 aliphatic rings. The Balaban J connectivity index is 2.45. The number of aliphatic hydroxyl groups is 1. The third-order valence-electron chi connectivity index (χ3n) is 3.47. The normalized spacial score (nSPS) is 20.4. The molecule has 1 aliphatic heterocycles. The summed E-state index contributed by atoms with van der Waals surface area (Å²) in [5.41, 5.74) is -0.313. The number of hydrogen-bond donors (Lipinski definition) is 1. The van der Waals surface area contributed by atoms with Crippen LogP contribution in [0.5, 0.6) is 0 Å². The smallest absolute Gasteiger partial charge is 0.244 e. The van der Waals surface area contributed by atoms with E-state index in [-0.39, 0.29) is 12.1 Å². The summed E-state index contributed by atoms with van der Waals surface area (Å²) in [6, 6.07) is 1.60. The molecular formula is C12H19NO3S2. The molecule has 0 amide bonds. The average molecular weight is 289 g/mol. The molecule has 0 saturated carbocycles. The quantitative estimate of drug-likeness (QED) is 0.927. The Kier molecular flexibility index (Phi) is 3.57. The van der Waals surface area contributed by atoms with E-state index < -0.39 is 10.0 Å². The van der Waals surface area contributed by atoms with Gasteiger partial charge in [0.1, 0.15) is 0 Å². The van der Waals surface area contributed by atoms with E-state index in [9.17, 15) is 8.42 Å². The molecule has 2 heterocycles. The summed E-state index contributed by atoms with van der Waals surface area (Å²) in [4.78, 5) is 1.80. The Bertz CT molecular complexity index is 546. The lowest BCUT2D eigenvalue weighted by Crippen LogP contribution is -2.42. The van der Waals surface area contributed by atoms with Crippen molar-refractivity contribution in [2.24, 2.45) is 0 Å². The van der Waals surface area contributed by atoms with Gasteiger partial charge in [-0.3, -0.25) is 0 Å². The maximum Gasteiger partial charge on any atom is 0.244 e. The first-order valence-corrected chi connectivity index (χ1v) is 8.28. The fourth-order valence-corrected chi connectivity index (χ4v) is 5.82. The van der Waals surface area contributed by atoms with Crippen molar-refractivity contribution >= 4 is 21.4 Å². The molecule has 0 spiro atoms. The Hall–Kier alpha value is -0.430. The van der Waals surface area contributed by atoms with Crippen molar-refractivity contribution < 1.29 is 13.5 Å². The predicted octanol–water partition coefficient (Wildman–Crippen LogP) is 2.11. The highest BCUT2D eigenvalue weighted by Crippen LogP contribution is 2.36. The second-order valence-electron chi connectivity index (χ2n) is 5.28. The highest BCUT2D eigenvalue weighted by atomic mass is 32.2. The molecular weight excluding hydrogens is 270 g/mol. The molecule has 1 aromatic rings. The van der Waals surface area contributed by atoms with E-state index in [1.807, 2.05) is 13.8 Å². The van der Waals surface area contributed by atoms with E-state index in [0.29, 0.717) is 16.3 Å². The van der Waals surface area contributed by atoms with E-state index in [1.165, 1.54) is 11.3 Å². The first-order valence-electron chi connectivity index (χ1n) is 6.02. The summed E-state index contributed by atoms with van der Waals surface area (Å²) < 4.78 is 26.9. The molecule has 102 valence electrons. The number of thiophene rings is 1. The molecule has 1 saturated heterocycles. The zero-order chi connectivity index (χ0) is 13.6. The zero-order valence-corrected chi connectivity index (χ0v) is 12.6. The largest absolute Gasteiger partial charge is 0.391 e. The van der Waals surface area contributed by atoms with Gasteiger partial charge in [0.15, 0.2) is 0 Å². The van der Waals surface area contributed by atoms with Crippen molar-refractivity contribution in [1.29, 1.82) is 0 Å². The van der Waals surface area contributed by atoms with Crippen LogP contribution in [0.1, 0.15) is 36.4 Å². The molecule has 0 atom stereocenters. The Morgan fingerprint density at radius 2 is 2.17 bits per heavy atom. The summed E-state index contributed by atoms with van der Waals surface area (Å²) in [6.45, 7) is 6.20. The molecule has 0 unspecified atom stereocenters. The lowest BCUT2D eigenvalue weighted by molar-refractivity contribution is 0.285. The van der Waals surface area contributed by atoms with Crippen LogP contribution in [-0.4, -0.2) is 29.9 Å². The van der Waals surface area contributed by atoms with Crippen LogP contribution in [0.3, 0.4) is 0 Å². The molecule has 1 fully saturated rings. The van der Waals surface area contributed by atoms with Gasteiger partial charge in [-0.2, -0.15) is 4.31 Å². The van der Waals surface area contributed by atoms with Crippen molar-refractivity contribution in [3.8, 4) is 0 Å². The number of nitrogens with zero attached hydrogens (tertiary/aromatic N) is 1. The van der Waals surface area contributed by atoms with Gasteiger partial charge >= 0.3 is 0 Å². The average Bonchev–Trinajstić information content (AvgIpc) is 2.81. The van der Waals surface area contributed by atoms with Gasteiger partial charge < -0.3 is 5.11 Å². The van der Waals surface area contributed by atoms with Crippen LogP contribution in [0.2, 0.25) is 0 Å². The second-order valence-corrected chi connectivity index (χ2v) is 8.46. The third-order valence-corrected chi connectivity index (χ3v) is 6.87. The van der Waals surface area contributed by atoms with E-state index in [4.69, 9.17) is 5.11 Å². The fraction of sp³-hybridized carbons (Fsp3) is 0.667. The van der Waals surface area contributed by atoms with Crippen LogP contribution in [0.15, 0.2) is 11.0 Å². The van der Waals surface area contributed by atoms with Crippen LogP contribution < -0.4 is 0 Å². The second kappa shape index (κ2) is 4.59. The van der Waals surface area contributed by atoms with Crippen LogP contribution in [0.25, 0.3) is 0 Å². The minimum Gasteiger partial charge on any atom is -0.391 e. The maximum atomic E-state index is 12.7. The molecule has 0 aromatic carbocycles. The van der Waals surface area contributed by atoms with Gasteiger partial charge in [0, 0.05) is 21.8 Å². The lowest BCUT2D eigenvalue weighted by Gasteiger charge is -2.30. The van der Waals surface area contributed by atoms with Crippen LogP contribution in [0, 0.1) is 6.92 Å². The van der Waals surface area contributed by atoms with Gasteiger partial charge in [-0.1, -0.05) is 0 Å². The Morgan fingerprint density at radius 3 is 2.61 bits per heavy atom. The fourth-order valence-electron chi connectivity index (χ4n) is 2.51. The van der Waals surface area contributed by atoms with Gasteiger partial charge in [0.25, 0.3) is 0 Å². The van der Waals surface area contributed by atoms with Crippen LogP contribution in [-0.2, 0) is 16.6 Å². The van der Waals surface area contributed by atoms with E-state index in [1.54, 1.807) is 17.3 Å². The van der Waals surface area contributed by atoms with Gasteiger partial charge in [-0.25, -0.2) is 8.42 Å². The molecule has 1 N–H and O–H groups in total. The van der Waals surface area contributed by atoms with E-state index >= 15 is 0 Å². The Morgan fingerprint density at radius 1 is 1.50 bits per heavy atom. The van der Waals surface area contributed by atoms with Gasteiger partial charge in [-0.15, -0.1) is 11.3 Å². The number of sulfonamides is 1. The highest BCUT2D eigenvalue weighted by molar-refractivity contribution is 7.89. The molecule has 1 aromatic heterocycles. The Labute approximate surface area is 112 Å². The minimum absolute atomic E-state index is 0.107. The van der Waals surface area contributed by atoms with Gasteiger partial charge in [-0.05, 0) is 39.7 Å². The number of rotatable bonds is 3. The van der Waals surface area contributed by atoms with Crippen molar-refractivity contribution in [3.63, 3.8) is 0 Å². The predicted molar refractivity (Wildman–Crippen MR) is 72.2 cm³/mol. The van der Waals surface area contributed by atoms with E-state index in [0.717, 1.165) is 17.7 Å². The van der Waals surface area contributed by atoms with Gasteiger partial charge in [0.2, 0.25) is 10.0 Å². The first-order chi connectivity index (χ1) is 8.29. The highest BCUT2D eigenvalue weighted by Gasteiger charge is 2.41. The van der Waals surface area contributed by atoms with Crippen molar-refractivity contribution in [3.05, 3.63) is 15.8 Å². The summed E-state index contributed by atoms with van der Waals surface area (Å²) in [5.74, 6) is 0. The van der Waals surface area contributed by atoms with Crippen LogP contribution in [0.4, 0.5) is 0 Å². The summed E-state index contributed by atoms with van der Waals surface area (Å²) in [6.07, 6.45) is 1.80.